The molecular weight excluding hydrogens is 220 g/mol. The molecule has 17 heavy (non-hydrogen) atoms. The minimum atomic E-state index is -0.976. The summed E-state index contributed by atoms with van der Waals surface area (Å²) < 4.78 is 0. The molecule has 0 saturated carbocycles. The number of hydrogen-bond acceptors (Lipinski definition) is 3. The SMILES string of the molecule is CC(C)(C)[C@H](NC(=O)CC1CCNC1)C(=O)O. The molecule has 0 aromatic rings. The molecule has 0 aromatic heterocycles. The van der Waals surface area contributed by atoms with E-state index in [1.807, 2.05) is 20.8 Å². The van der Waals surface area contributed by atoms with Crippen molar-refractivity contribution >= 4 is 11.9 Å². The highest BCUT2D eigenvalue weighted by Crippen LogP contribution is 2.20. The van der Waals surface area contributed by atoms with Crippen LogP contribution in [-0.2, 0) is 9.59 Å². The molecule has 1 unspecified atom stereocenters. The van der Waals surface area contributed by atoms with Crippen LogP contribution in [0.2, 0.25) is 0 Å². The van der Waals surface area contributed by atoms with Gasteiger partial charge in [0.25, 0.3) is 0 Å². The fourth-order valence-electron chi connectivity index (χ4n) is 2.02. The molecule has 5 nitrogen and oxygen atoms in total. The first-order chi connectivity index (χ1) is 7.80. The first-order valence-corrected chi connectivity index (χ1v) is 6.03. The summed E-state index contributed by atoms with van der Waals surface area (Å²) in [7, 11) is 0. The summed E-state index contributed by atoms with van der Waals surface area (Å²) in [5.74, 6) is -0.805. The monoisotopic (exact) mass is 242 g/mol. The second-order valence-corrected chi connectivity index (χ2v) is 5.77. The molecule has 1 rings (SSSR count). The third-order valence-corrected chi connectivity index (χ3v) is 3.05. The van der Waals surface area contributed by atoms with Crippen molar-refractivity contribution < 1.29 is 14.7 Å². The van der Waals surface area contributed by atoms with E-state index < -0.39 is 17.4 Å². The van der Waals surface area contributed by atoms with Gasteiger partial charge in [0.2, 0.25) is 5.91 Å². The van der Waals surface area contributed by atoms with Crippen molar-refractivity contribution in [1.82, 2.24) is 10.6 Å². The van der Waals surface area contributed by atoms with Crippen LogP contribution in [0.1, 0.15) is 33.6 Å². The van der Waals surface area contributed by atoms with Gasteiger partial charge in [-0.05, 0) is 30.8 Å². The molecule has 0 aliphatic carbocycles. The molecule has 1 amide bonds. The Morgan fingerprint density at radius 1 is 1.47 bits per heavy atom. The minimum Gasteiger partial charge on any atom is -0.480 e. The van der Waals surface area contributed by atoms with Gasteiger partial charge in [-0.1, -0.05) is 20.8 Å². The predicted octanol–water partition coefficient (Wildman–Crippen LogP) is 0.602. The lowest BCUT2D eigenvalue weighted by atomic mass is 9.86. The fourth-order valence-corrected chi connectivity index (χ4v) is 2.02. The maximum absolute atomic E-state index is 11.8. The molecule has 1 aliphatic rings. The van der Waals surface area contributed by atoms with E-state index in [0.29, 0.717) is 12.3 Å². The fraction of sp³-hybridized carbons (Fsp3) is 0.833. The zero-order valence-corrected chi connectivity index (χ0v) is 10.7. The second kappa shape index (κ2) is 5.49. The summed E-state index contributed by atoms with van der Waals surface area (Å²) in [5.41, 5.74) is -0.477. The van der Waals surface area contributed by atoms with Crippen LogP contribution in [0.5, 0.6) is 0 Å². The highest BCUT2D eigenvalue weighted by atomic mass is 16.4. The van der Waals surface area contributed by atoms with E-state index >= 15 is 0 Å². The van der Waals surface area contributed by atoms with Gasteiger partial charge in [0, 0.05) is 6.42 Å². The summed E-state index contributed by atoms with van der Waals surface area (Å²) in [6, 6.07) is -0.829. The Morgan fingerprint density at radius 2 is 2.12 bits per heavy atom. The Labute approximate surface area is 102 Å². The van der Waals surface area contributed by atoms with Crippen molar-refractivity contribution in [2.45, 2.75) is 39.7 Å². The molecule has 2 atom stereocenters. The predicted molar refractivity (Wildman–Crippen MR) is 64.6 cm³/mol. The first-order valence-electron chi connectivity index (χ1n) is 6.03. The normalized spacial score (nSPS) is 22.2. The van der Waals surface area contributed by atoms with Crippen LogP contribution in [0.15, 0.2) is 0 Å². The Hall–Kier alpha value is -1.10. The van der Waals surface area contributed by atoms with Gasteiger partial charge in [0.1, 0.15) is 6.04 Å². The lowest BCUT2D eigenvalue weighted by Gasteiger charge is -2.28. The van der Waals surface area contributed by atoms with Gasteiger partial charge in [0.05, 0.1) is 0 Å². The number of carboxylic acid groups (broad SMARTS) is 1. The van der Waals surface area contributed by atoms with E-state index in [0.717, 1.165) is 19.5 Å². The van der Waals surface area contributed by atoms with Crippen LogP contribution in [0, 0.1) is 11.3 Å². The smallest absolute Gasteiger partial charge is 0.326 e. The van der Waals surface area contributed by atoms with Crippen LogP contribution in [0.3, 0.4) is 0 Å². The summed E-state index contributed by atoms with van der Waals surface area (Å²) in [4.78, 5) is 22.9. The van der Waals surface area contributed by atoms with Gasteiger partial charge in [-0.2, -0.15) is 0 Å². The van der Waals surface area contributed by atoms with Gasteiger partial charge in [0.15, 0.2) is 0 Å². The van der Waals surface area contributed by atoms with Gasteiger partial charge < -0.3 is 15.7 Å². The van der Waals surface area contributed by atoms with Gasteiger partial charge in [-0.25, -0.2) is 4.79 Å². The topological polar surface area (TPSA) is 78.4 Å². The summed E-state index contributed by atoms with van der Waals surface area (Å²) in [5, 5.41) is 14.9. The Kier molecular flexibility index (Phi) is 4.51. The van der Waals surface area contributed by atoms with Crippen molar-refractivity contribution in [1.29, 1.82) is 0 Å². The number of hydrogen-bond donors (Lipinski definition) is 3. The number of rotatable bonds is 4. The number of carboxylic acids is 1. The molecule has 98 valence electrons. The number of nitrogens with one attached hydrogen (secondary N) is 2. The average molecular weight is 242 g/mol. The molecule has 1 aliphatic heterocycles. The van der Waals surface area contributed by atoms with Gasteiger partial charge in [-0.15, -0.1) is 0 Å². The van der Waals surface area contributed by atoms with E-state index in [-0.39, 0.29) is 5.91 Å². The van der Waals surface area contributed by atoms with Crippen LogP contribution >= 0.6 is 0 Å². The van der Waals surface area contributed by atoms with Gasteiger partial charge >= 0.3 is 5.97 Å². The molecular formula is C12H22N2O3. The van der Waals surface area contributed by atoms with E-state index in [2.05, 4.69) is 10.6 Å². The lowest BCUT2D eigenvalue weighted by molar-refractivity contribution is -0.145. The number of carbonyl (C=O) groups is 2. The van der Waals surface area contributed by atoms with E-state index in [9.17, 15) is 9.59 Å². The van der Waals surface area contributed by atoms with Crippen molar-refractivity contribution in [3.05, 3.63) is 0 Å². The third-order valence-electron chi connectivity index (χ3n) is 3.05. The minimum absolute atomic E-state index is 0.166. The van der Waals surface area contributed by atoms with Crippen LogP contribution in [-0.4, -0.2) is 36.1 Å². The Morgan fingerprint density at radius 3 is 2.53 bits per heavy atom. The Bertz CT molecular complexity index is 291. The molecule has 1 saturated heterocycles. The standard InChI is InChI=1S/C12H22N2O3/c1-12(2,3)10(11(16)17)14-9(15)6-8-4-5-13-7-8/h8,10,13H,4-7H2,1-3H3,(H,14,15)(H,16,17)/t8?,10-/m1/s1. The van der Waals surface area contributed by atoms with Crippen molar-refractivity contribution in [3.63, 3.8) is 0 Å². The molecule has 0 aromatic carbocycles. The highest BCUT2D eigenvalue weighted by molar-refractivity contribution is 5.84. The second-order valence-electron chi connectivity index (χ2n) is 5.77. The highest BCUT2D eigenvalue weighted by Gasteiger charge is 2.33. The first kappa shape index (κ1) is 14.0. The van der Waals surface area contributed by atoms with E-state index in [1.165, 1.54) is 0 Å². The summed E-state index contributed by atoms with van der Waals surface area (Å²) in [6.45, 7) is 7.22. The molecule has 0 bridgehead atoms. The molecule has 1 fully saturated rings. The van der Waals surface area contributed by atoms with Crippen LogP contribution < -0.4 is 10.6 Å². The molecule has 0 spiro atoms. The molecule has 1 heterocycles. The van der Waals surface area contributed by atoms with E-state index in [4.69, 9.17) is 5.11 Å². The largest absolute Gasteiger partial charge is 0.480 e. The maximum Gasteiger partial charge on any atom is 0.326 e. The quantitative estimate of drug-likeness (QED) is 0.674. The maximum atomic E-state index is 11.8. The zero-order chi connectivity index (χ0) is 13.1. The van der Waals surface area contributed by atoms with Crippen molar-refractivity contribution in [2.75, 3.05) is 13.1 Å². The lowest BCUT2D eigenvalue weighted by Crippen LogP contribution is -2.49. The number of amides is 1. The van der Waals surface area contributed by atoms with Crippen molar-refractivity contribution in [3.8, 4) is 0 Å². The van der Waals surface area contributed by atoms with Crippen LogP contribution in [0.25, 0.3) is 0 Å². The van der Waals surface area contributed by atoms with Gasteiger partial charge in [-0.3, -0.25) is 4.79 Å². The van der Waals surface area contributed by atoms with E-state index in [1.54, 1.807) is 0 Å². The number of aliphatic carboxylic acids is 1. The average Bonchev–Trinajstić information content (AvgIpc) is 2.64. The van der Waals surface area contributed by atoms with Crippen LogP contribution in [0.4, 0.5) is 0 Å². The summed E-state index contributed by atoms with van der Waals surface area (Å²) in [6.07, 6.45) is 1.40. The molecule has 5 heteroatoms. The number of carbonyl (C=O) groups excluding carboxylic acids is 1. The summed E-state index contributed by atoms with van der Waals surface area (Å²) >= 11 is 0. The third kappa shape index (κ3) is 4.34. The Balaban J connectivity index is 2.49. The zero-order valence-electron chi connectivity index (χ0n) is 10.7. The van der Waals surface area contributed by atoms with Crippen molar-refractivity contribution in [2.24, 2.45) is 11.3 Å². The molecule has 3 N–H and O–H groups in total. The molecule has 0 radical (unpaired) electrons.